The summed E-state index contributed by atoms with van der Waals surface area (Å²) in [5, 5.41) is 2.24. The molecule has 2 aliphatic heterocycles. The number of H-pyrrole nitrogens is 2. The number of carbonyl (C=O) groups excluding carboxylic acids is 2. The Morgan fingerprint density at radius 3 is 1.88 bits per heavy atom. The molecule has 0 radical (unpaired) electrons. The van der Waals surface area contributed by atoms with Crippen molar-refractivity contribution in [2.24, 2.45) is 0 Å². The highest BCUT2D eigenvalue weighted by Crippen LogP contribution is 2.36. The fourth-order valence-corrected chi connectivity index (χ4v) is 6.78. The van der Waals surface area contributed by atoms with Crippen molar-refractivity contribution in [2.45, 2.75) is 90.5 Å². The fraction of sp³-hybridized carbons (Fsp3) is 0.421. The average molecular weight is 649 g/mol. The number of imidazole rings is 2. The maximum atomic E-state index is 12.9. The molecule has 2 saturated heterocycles. The quantitative estimate of drug-likeness (QED) is 0.201. The Morgan fingerprint density at radius 1 is 0.708 bits per heavy atom. The van der Waals surface area contributed by atoms with Gasteiger partial charge < -0.3 is 19.4 Å². The summed E-state index contributed by atoms with van der Waals surface area (Å²) in [7, 11) is 0. The Morgan fingerprint density at radius 2 is 1.25 bits per heavy atom. The second-order valence-electron chi connectivity index (χ2n) is 15.0. The van der Waals surface area contributed by atoms with Gasteiger partial charge in [0.05, 0.1) is 28.8 Å². The molecule has 0 saturated carbocycles. The third kappa shape index (κ3) is 6.48. The number of carbonyl (C=O) groups is 2. The molecule has 2 aliphatic rings. The summed E-state index contributed by atoms with van der Waals surface area (Å²) >= 11 is 0. The van der Waals surface area contributed by atoms with Crippen LogP contribution >= 0.6 is 0 Å². The number of aromatic nitrogens is 4. The minimum atomic E-state index is -0.543. The Labute approximate surface area is 280 Å². The normalized spacial score (nSPS) is 18.6. The van der Waals surface area contributed by atoms with Crippen molar-refractivity contribution in [1.29, 1.82) is 0 Å². The summed E-state index contributed by atoms with van der Waals surface area (Å²) in [4.78, 5) is 45.9. The molecule has 2 fully saturated rings. The van der Waals surface area contributed by atoms with Gasteiger partial charge in [-0.05, 0) is 113 Å². The molecule has 3 aromatic carbocycles. The second kappa shape index (κ2) is 12.0. The van der Waals surface area contributed by atoms with Gasteiger partial charge in [0.25, 0.3) is 0 Å². The van der Waals surface area contributed by atoms with Crippen LogP contribution < -0.4 is 0 Å². The number of rotatable bonds is 4. The molecule has 0 aliphatic carbocycles. The van der Waals surface area contributed by atoms with Crippen LogP contribution in [0.2, 0.25) is 0 Å². The molecule has 7 rings (SSSR count). The number of fused-ring (bicyclic) bond motifs is 2. The number of benzene rings is 3. The highest BCUT2D eigenvalue weighted by molar-refractivity contribution is 5.92. The van der Waals surface area contributed by atoms with Gasteiger partial charge >= 0.3 is 12.2 Å². The number of hydrogen-bond acceptors (Lipinski definition) is 6. The molecule has 2 atom stereocenters. The van der Waals surface area contributed by atoms with Gasteiger partial charge in [-0.1, -0.05) is 30.3 Å². The van der Waals surface area contributed by atoms with Gasteiger partial charge in [0.15, 0.2) is 0 Å². The van der Waals surface area contributed by atoms with Gasteiger partial charge in [-0.25, -0.2) is 19.6 Å². The van der Waals surface area contributed by atoms with Crippen LogP contribution in [0.1, 0.15) is 91.0 Å². The van der Waals surface area contributed by atoms with E-state index in [4.69, 9.17) is 19.4 Å². The summed E-state index contributed by atoms with van der Waals surface area (Å²) in [6, 6.07) is 18.9. The minimum absolute atomic E-state index is 0.123. The zero-order valence-electron chi connectivity index (χ0n) is 28.6. The Balaban J connectivity index is 1.09. The lowest BCUT2D eigenvalue weighted by atomic mass is 9.99. The number of nitrogens with zero attached hydrogens (tertiary/aromatic N) is 4. The smallest absolute Gasteiger partial charge is 0.410 e. The molecule has 2 aromatic heterocycles. The molecule has 2 amide bonds. The van der Waals surface area contributed by atoms with Crippen LogP contribution in [0.25, 0.3) is 44.2 Å². The summed E-state index contributed by atoms with van der Waals surface area (Å²) in [6.45, 7) is 12.6. The molecular formula is C38H44N6O4. The van der Waals surface area contributed by atoms with Gasteiger partial charge in [0.2, 0.25) is 0 Å². The van der Waals surface area contributed by atoms with Crippen LogP contribution in [0.3, 0.4) is 0 Å². The van der Waals surface area contributed by atoms with Crippen molar-refractivity contribution >= 4 is 34.0 Å². The van der Waals surface area contributed by atoms with E-state index in [1.54, 1.807) is 9.80 Å². The summed E-state index contributed by atoms with van der Waals surface area (Å²) in [5.74, 6) is 1.58. The molecule has 2 N–H and O–H groups in total. The highest BCUT2D eigenvalue weighted by atomic mass is 16.6. The van der Waals surface area contributed by atoms with Crippen molar-refractivity contribution in [1.82, 2.24) is 29.7 Å². The van der Waals surface area contributed by atoms with Gasteiger partial charge in [-0.3, -0.25) is 9.80 Å². The second-order valence-corrected chi connectivity index (χ2v) is 15.0. The molecule has 10 nitrogen and oxygen atoms in total. The van der Waals surface area contributed by atoms with E-state index in [0.717, 1.165) is 81.5 Å². The molecule has 250 valence electrons. The van der Waals surface area contributed by atoms with E-state index in [1.165, 1.54) is 0 Å². The molecule has 0 bridgehead atoms. The van der Waals surface area contributed by atoms with Crippen molar-refractivity contribution in [3.8, 4) is 22.4 Å². The first-order valence-corrected chi connectivity index (χ1v) is 16.9. The van der Waals surface area contributed by atoms with E-state index < -0.39 is 11.2 Å². The molecule has 0 spiro atoms. The zero-order valence-corrected chi connectivity index (χ0v) is 28.6. The third-order valence-electron chi connectivity index (χ3n) is 8.96. The number of aromatic amines is 2. The molecular weight excluding hydrogens is 604 g/mol. The third-order valence-corrected chi connectivity index (χ3v) is 8.96. The number of likely N-dealkylation sites (tertiary alicyclic amines) is 2. The van der Waals surface area contributed by atoms with E-state index >= 15 is 0 Å². The van der Waals surface area contributed by atoms with Crippen LogP contribution in [0.4, 0.5) is 9.59 Å². The minimum Gasteiger partial charge on any atom is -0.444 e. The van der Waals surface area contributed by atoms with E-state index in [9.17, 15) is 9.59 Å². The molecule has 1 unspecified atom stereocenters. The van der Waals surface area contributed by atoms with Crippen molar-refractivity contribution in [2.75, 3.05) is 13.1 Å². The Hall–Kier alpha value is -4.86. The number of ether oxygens (including phenoxy) is 2. The van der Waals surface area contributed by atoms with E-state index in [0.29, 0.717) is 13.1 Å². The lowest BCUT2D eigenvalue weighted by Gasteiger charge is -2.27. The van der Waals surface area contributed by atoms with E-state index in [-0.39, 0.29) is 24.3 Å². The lowest BCUT2D eigenvalue weighted by Crippen LogP contribution is -2.36. The van der Waals surface area contributed by atoms with Gasteiger partial charge in [-0.2, -0.15) is 0 Å². The van der Waals surface area contributed by atoms with Crippen LogP contribution in [-0.4, -0.2) is 66.2 Å². The van der Waals surface area contributed by atoms with E-state index in [1.807, 2.05) is 47.7 Å². The Kier molecular flexibility index (Phi) is 7.92. The number of nitrogens with one attached hydrogen (secondary N) is 2. The van der Waals surface area contributed by atoms with E-state index in [2.05, 4.69) is 64.6 Å². The maximum absolute atomic E-state index is 12.9. The predicted octanol–water partition coefficient (Wildman–Crippen LogP) is 8.92. The monoisotopic (exact) mass is 648 g/mol. The summed E-state index contributed by atoms with van der Waals surface area (Å²) in [5.41, 5.74) is 4.77. The highest BCUT2D eigenvalue weighted by Gasteiger charge is 2.36. The van der Waals surface area contributed by atoms with Crippen molar-refractivity contribution in [3.63, 3.8) is 0 Å². The predicted molar refractivity (Wildman–Crippen MR) is 186 cm³/mol. The SMILES string of the molecule is CC(C)(C)OC(=O)N1CCCC1c1nc(-c2ccc3cc(-c4ccc5[nH]c([C@@H]6CCCN6C(=O)OC(C)(C)C)nc5c4)ccc3c2)c[nH]1. The molecule has 48 heavy (non-hydrogen) atoms. The molecule has 5 aromatic rings. The topological polar surface area (TPSA) is 116 Å². The molecule has 10 heteroatoms. The summed E-state index contributed by atoms with van der Waals surface area (Å²) in [6.07, 6.45) is 4.86. The first-order valence-electron chi connectivity index (χ1n) is 16.9. The first kappa shape index (κ1) is 31.7. The standard InChI is InChI=1S/C38H44N6O4/c1-37(2,3)47-35(45)43-17-7-9-31(43)33-39-22-30(42-33)27-14-13-23-19-24(11-12-25(23)20-27)26-15-16-28-29(21-26)41-34(40-28)32-10-8-18-44(32)36(46)48-38(4,5)6/h11-16,19-22,31-32H,7-10,17-18H2,1-6H3,(H,39,42)(H,40,41)/t31?,32-/m0/s1. The fourth-order valence-electron chi connectivity index (χ4n) is 6.78. The zero-order chi connectivity index (χ0) is 33.8. The first-order chi connectivity index (χ1) is 22.8. The molecule has 4 heterocycles. The van der Waals surface area contributed by atoms with Crippen LogP contribution in [0.15, 0.2) is 60.8 Å². The van der Waals surface area contributed by atoms with Gasteiger partial charge in [0, 0.05) is 24.8 Å². The van der Waals surface area contributed by atoms with Crippen molar-refractivity contribution < 1.29 is 19.1 Å². The summed E-state index contributed by atoms with van der Waals surface area (Å²) < 4.78 is 11.3. The number of hydrogen-bond donors (Lipinski definition) is 2. The van der Waals surface area contributed by atoms with Crippen LogP contribution in [0.5, 0.6) is 0 Å². The maximum Gasteiger partial charge on any atom is 0.410 e. The van der Waals surface area contributed by atoms with Gasteiger partial charge in [0.1, 0.15) is 22.9 Å². The van der Waals surface area contributed by atoms with Crippen LogP contribution in [-0.2, 0) is 9.47 Å². The Bertz CT molecular complexity index is 2000. The van der Waals surface area contributed by atoms with Gasteiger partial charge in [-0.15, -0.1) is 0 Å². The average Bonchev–Trinajstić information content (AvgIpc) is 3.84. The number of amides is 2. The van der Waals surface area contributed by atoms with Crippen molar-refractivity contribution in [3.05, 3.63) is 72.4 Å². The largest absolute Gasteiger partial charge is 0.444 e. The lowest BCUT2D eigenvalue weighted by molar-refractivity contribution is 0.0208. The van der Waals surface area contributed by atoms with Crippen LogP contribution in [0, 0.1) is 0 Å².